The van der Waals surface area contributed by atoms with Gasteiger partial charge in [0, 0.05) is 11.3 Å². The van der Waals surface area contributed by atoms with Crippen LogP contribution in [0, 0.1) is 0 Å². The van der Waals surface area contributed by atoms with Gasteiger partial charge >= 0.3 is 17.7 Å². The number of anilines is 1. The molecule has 0 fully saturated rings. The van der Waals surface area contributed by atoms with E-state index >= 15 is 0 Å². The maximum atomic E-state index is 11.9. The van der Waals surface area contributed by atoms with E-state index < -0.39 is 17.7 Å². The third kappa shape index (κ3) is 5.22. The van der Waals surface area contributed by atoms with Gasteiger partial charge in [0.1, 0.15) is 23.0 Å². The average Bonchev–Trinajstić information content (AvgIpc) is 3.32. The van der Waals surface area contributed by atoms with Crippen LogP contribution in [0.25, 0.3) is 0 Å². The highest BCUT2D eigenvalue weighted by molar-refractivity contribution is 6.63. The second-order valence-corrected chi connectivity index (χ2v) is 8.56. The first-order valence-electron chi connectivity index (χ1n) is 10.9. The van der Waals surface area contributed by atoms with Crippen molar-refractivity contribution in [3.05, 3.63) is 75.8 Å². The first-order valence-corrected chi connectivity index (χ1v) is 11.3. The number of Topliss-reactive ketones (excluding diaryl/α,β-unsaturated/α-hetero) is 1. The van der Waals surface area contributed by atoms with E-state index in [-0.39, 0.29) is 22.2 Å². The number of carboxylic acids is 1. The summed E-state index contributed by atoms with van der Waals surface area (Å²) < 4.78 is 6.10. The van der Waals surface area contributed by atoms with E-state index in [1.54, 1.807) is 24.3 Å². The largest absolute Gasteiger partial charge is 0.508 e. The van der Waals surface area contributed by atoms with E-state index in [4.69, 9.17) is 21.4 Å². The number of aromatic hydroxyl groups is 2. The number of fused-ring (bicyclic) bond motifs is 1. The zero-order chi connectivity index (χ0) is 25.1. The number of carbonyl (C=O) groups is 3. The number of amides is 1. The highest BCUT2D eigenvalue weighted by Gasteiger charge is 2.27. The zero-order valence-electron chi connectivity index (χ0n) is 18.5. The number of aliphatic carboxylic acids is 1. The molecule has 0 aromatic heterocycles. The predicted octanol–water partition coefficient (Wildman–Crippen LogP) is 4.41. The number of benzene rings is 3. The summed E-state index contributed by atoms with van der Waals surface area (Å²) in [6.07, 6.45) is 2.97. The monoisotopic (exact) mass is 495 g/mol. The number of rotatable bonds is 8. The fourth-order valence-corrected chi connectivity index (χ4v) is 4.41. The molecule has 1 aliphatic rings. The highest BCUT2D eigenvalue weighted by atomic mass is 35.5. The Kier molecular flexibility index (Phi) is 6.93. The molecule has 1 amide bonds. The number of carboxylic acid groups (broad SMARTS) is 1. The summed E-state index contributed by atoms with van der Waals surface area (Å²) in [4.78, 5) is 34.2. The van der Waals surface area contributed by atoms with E-state index in [2.05, 4.69) is 5.32 Å². The van der Waals surface area contributed by atoms with Crippen molar-refractivity contribution in [1.29, 1.82) is 0 Å². The Bertz CT molecular complexity index is 1340. The normalized spacial score (nSPS) is 12.1. The quantitative estimate of drug-likeness (QED) is 0.268. The Morgan fingerprint density at radius 1 is 0.914 bits per heavy atom. The van der Waals surface area contributed by atoms with Crippen LogP contribution in [0.5, 0.6) is 23.0 Å². The minimum Gasteiger partial charge on any atom is -0.508 e. The van der Waals surface area contributed by atoms with E-state index in [0.717, 1.165) is 23.1 Å². The molecule has 0 radical (unpaired) electrons. The van der Waals surface area contributed by atoms with Crippen molar-refractivity contribution in [2.24, 2.45) is 0 Å². The Morgan fingerprint density at radius 2 is 1.60 bits per heavy atom. The molecular formula is C26H22ClNO7. The number of phenolic OH excluding ortho intramolecular Hbond substituents is 2. The van der Waals surface area contributed by atoms with Gasteiger partial charge in [-0.3, -0.25) is 9.59 Å². The molecule has 0 aliphatic heterocycles. The third-order valence-corrected chi connectivity index (χ3v) is 6.16. The minimum atomic E-state index is -1.84. The average molecular weight is 496 g/mol. The molecule has 180 valence electrons. The number of ether oxygens (including phenoxy) is 1. The third-order valence-electron chi connectivity index (χ3n) is 5.88. The molecule has 0 atom stereocenters. The van der Waals surface area contributed by atoms with Crippen molar-refractivity contribution in [2.45, 2.75) is 32.1 Å². The van der Waals surface area contributed by atoms with Gasteiger partial charge in [-0.25, -0.2) is 4.79 Å². The summed E-state index contributed by atoms with van der Waals surface area (Å²) in [5, 5.41) is 31.6. The zero-order valence-corrected chi connectivity index (χ0v) is 19.3. The van der Waals surface area contributed by atoms with Crippen LogP contribution in [-0.2, 0) is 40.1 Å². The van der Waals surface area contributed by atoms with Crippen molar-refractivity contribution in [3.8, 4) is 23.0 Å². The van der Waals surface area contributed by atoms with Gasteiger partial charge in [-0.1, -0.05) is 29.8 Å². The lowest BCUT2D eigenvalue weighted by molar-refractivity contribution is -0.152. The topological polar surface area (TPSA) is 133 Å². The molecule has 4 N–H and O–H groups in total. The molecular weight excluding hydrogens is 474 g/mol. The van der Waals surface area contributed by atoms with Crippen LogP contribution >= 0.6 is 11.6 Å². The van der Waals surface area contributed by atoms with Crippen LogP contribution in [0.1, 0.15) is 28.7 Å². The molecule has 3 aromatic carbocycles. The lowest BCUT2D eigenvalue weighted by atomic mass is 10.0. The smallest absolute Gasteiger partial charge is 0.382 e. The Hall–Kier alpha value is -4.04. The summed E-state index contributed by atoms with van der Waals surface area (Å²) in [7, 11) is 0. The Labute approximate surface area is 205 Å². The number of aryl methyl sites for hydroxylation is 2. The maximum Gasteiger partial charge on any atom is 0.382 e. The van der Waals surface area contributed by atoms with E-state index in [1.165, 1.54) is 12.1 Å². The molecule has 4 rings (SSSR count). The van der Waals surface area contributed by atoms with Gasteiger partial charge in [-0.05, 0) is 79.1 Å². The van der Waals surface area contributed by atoms with E-state index in [1.807, 2.05) is 12.1 Å². The number of nitrogens with one attached hydrogen (secondary N) is 1. The van der Waals surface area contributed by atoms with Gasteiger partial charge in [0.25, 0.3) is 0 Å². The van der Waals surface area contributed by atoms with Crippen LogP contribution in [0.4, 0.5) is 5.69 Å². The molecule has 1 aliphatic carbocycles. The number of hydrogen-bond acceptors (Lipinski definition) is 6. The van der Waals surface area contributed by atoms with Crippen LogP contribution < -0.4 is 10.1 Å². The predicted molar refractivity (Wildman–Crippen MR) is 128 cm³/mol. The van der Waals surface area contributed by atoms with E-state index in [9.17, 15) is 24.6 Å². The second-order valence-electron chi connectivity index (χ2n) is 8.16. The molecule has 0 spiro atoms. The van der Waals surface area contributed by atoms with Crippen molar-refractivity contribution in [2.75, 3.05) is 5.32 Å². The summed E-state index contributed by atoms with van der Waals surface area (Å²) in [6.45, 7) is 0. The maximum absolute atomic E-state index is 11.9. The molecule has 0 saturated heterocycles. The highest BCUT2D eigenvalue weighted by Crippen LogP contribution is 2.43. The number of halogens is 1. The summed E-state index contributed by atoms with van der Waals surface area (Å²) in [5.41, 5.74) is 3.17. The van der Waals surface area contributed by atoms with Crippen molar-refractivity contribution < 1.29 is 34.4 Å². The molecule has 0 unspecified atom stereocenters. The number of phenols is 2. The van der Waals surface area contributed by atoms with Gasteiger partial charge in [0.2, 0.25) is 0 Å². The van der Waals surface area contributed by atoms with Gasteiger partial charge in [0.15, 0.2) is 0 Å². The Balaban J connectivity index is 1.58. The SMILES string of the molecule is O=C(O)C(=O)C(=O)Nc1cc(Cl)c(Oc2ccc(O)c(CCc3ccccc3O)c2)c2c1CCC2. The molecule has 0 heterocycles. The van der Waals surface area contributed by atoms with Crippen molar-refractivity contribution in [3.63, 3.8) is 0 Å². The number of hydrogen-bond donors (Lipinski definition) is 4. The fraction of sp³-hybridized carbons (Fsp3) is 0.192. The second kappa shape index (κ2) is 10.1. The molecule has 8 nitrogen and oxygen atoms in total. The van der Waals surface area contributed by atoms with Gasteiger partial charge < -0.3 is 25.4 Å². The molecule has 0 saturated carbocycles. The molecule has 9 heteroatoms. The van der Waals surface area contributed by atoms with Gasteiger partial charge in [-0.2, -0.15) is 0 Å². The fourth-order valence-electron chi connectivity index (χ4n) is 4.15. The summed E-state index contributed by atoms with van der Waals surface area (Å²) in [5.74, 6) is -3.50. The number of ketones is 1. The lowest BCUT2D eigenvalue weighted by Gasteiger charge is -2.17. The van der Waals surface area contributed by atoms with Crippen molar-refractivity contribution >= 4 is 34.9 Å². The number of carbonyl (C=O) groups excluding carboxylic acids is 2. The summed E-state index contributed by atoms with van der Waals surface area (Å²) >= 11 is 6.46. The molecule has 0 bridgehead atoms. The van der Waals surface area contributed by atoms with Gasteiger partial charge in [-0.15, -0.1) is 0 Å². The molecule has 35 heavy (non-hydrogen) atoms. The minimum absolute atomic E-state index is 0.102. The first kappa shape index (κ1) is 24.1. The standard InChI is InChI=1S/C26H22ClNO7/c27-19-13-20(28-25(32)23(31)26(33)34)17-5-3-6-18(17)24(19)35-16-10-11-22(30)15(12-16)9-8-14-4-1-2-7-21(14)29/h1-2,4,7,10-13,29-30H,3,5-6,8-9H2,(H,28,32)(H,33,34). The molecule has 3 aromatic rings. The number of para-hydroxylation sites is 1. The van der Waals surface area contributed by atoms with Crippen LogP contribution in [0.15, 0.2) is 48.5 Å². The van der Waals surface area contributed by atoms with Crippen LogP contribution in [0.2, 0.25) is 5.02 Å². The Morgan fingerprint density at radius 3 is 2.34 bits per heavy atom. The lowest BCUT2D eigenvalue weighted by Crippen LogP contribution is -2.29. The summed E-state index contributed by atoms with van der Waals surface area (Å²) in [6, 6.07) is 13.3. The first-order chi connectivity index (χ1) is 16.7. The van der Waals surface area contributed by atoms with Gasteiger partial charge in [0.05, 0.1) is 5.02 Å². The van der Waals surface area contributed by atoms with Crippen molar-refractivity contribution in [1.82, 2.24) is 0 Å². The van der Waals surface area contributed by atoms with E-state index in [0.29, 0.717) is 42.7 Å². The van der Waals surface area contributed by atoms with Crippen LogP contribution in [-0.4, -0.2) is 33.0 Å². The van der Waals surface area contributed by atoms with Crippen LogP contribution in [0.3, 0.4) is 0 Å².